The van der Waals surface area contributed by atoms with Crippen molar-refractivity contribution < 1.29 is 0 Å². The van der Waals surface area contributed by atoms with Crippen molar-refractivity contribution in [3.05, 3.63) is 235 Å². The van der Waals surface area contributed by atoms with E-state index in [-0.39, 0.29) is 0 Å². The van der Waals surface area contributed by atoms with Crippen molar-refractivity contribution >= 4 is 0 Å². The SMILES string of the molecule is Cc1c(-c2cc(-c3ccccc3)cc(-c3ccccc3)n2)c(C)c(-c2cc(-c3ccccc3)cc(-c3ccccc3)n2)c(C)c1-c1cc(-c2ccccc2)cc(-c2ccccc2)n1. The second-order valence-corrected chi connectivity index (χ2v) is 16.1. The Morgan fingerprint density at radius 1 is 0.206 bits per heavy atom. The van der Waals surface area contributed by atoms with Crippen LogP contribution in [0.4, 0.5) is 0 Å². The molecule has 3 heterocycles. The molecule has 0 atom stereocenters. The highest BCUT2D eigenvalue weighted by Gasteiger charge is 2.25. The summed E-state index contributed by atoms with van der Waals surface area (Å²) in [4.78, 5) is 16.6. The van der Waals surface area contributed by atoms with Crippen LogP contribution >= 0.6 is 0 Å². The number of aromatic nitrogens is 3. The fourth-order valence-electron chi connectivity index (χ4n) is 9.01. The summed E-state index contributed by atoms with van der Waals surface area (Å²) in [6, 6.07) is 76.7. The first-order valence-corrected chi connectivity index (χ1v) is 21.5. The van der Waals surface area contributed by atoms with Crippen LogP contribution in [0.1, 0.15) is 16.7 Å². The van der Waals surface area contributed by atoms with E-state index in [4.69, 9.17) is 15.0 Å². The summed E-state index contributed by atoms with van der Waals surface area (Å²) in [7, 11) is 0. The second kappa shape index (κ2) is 17.2. The van der Waals surface area contributed by atoms with Crippen molar-refractivity contribution in [1.82, 2.24) is 15.0 Å². The Balaban J connectivity index is 1.31. The Labute approximate surface area is 370 Å². The Morgan fingerprint density at radius 2 is 0.397 bits per heavy atom. The molecular formula is C60H45N3. The molecule has 0 radical (unpaired) electrons. The molecule has 10 aromatic rings. The van der Waals surface area contributed by atoms with Gasteiger partial charge in [0.15, 0.2) is 0 Å². The van der Waals surface area contributed by atoms with Crippen molar-refractivity contribution in [3.8, 4) is 101 Å². The highest BCUT2D eigenvalue weighted by atomic mass is 14.7. The van der Waals surface area contributed by atoms with E-state index >= 15 is 0 Å². The van der Waals surface area contributed by atoms with Gasteiger partial charge in [0, 0.05) is 33.4 Å². The van der Waals surface area contributed by atoms with Gasteiger partial charge in [0.25, 0.3) is 0 Å². The maximum atomic E-state index is 5.54. The lowest BCUT2D eigenvalue weighted by Crippen LogP contribution is -2.05. The molecule has 0 aliphatic rings. The zero-order valence-electron chi connectivity index (χ0n) is 35.6. The van der Waals surface area contributed by atoms with Gasteiger partial charge in [-0.15, -0.1) is 0 Å². The third-order valence-corrected chi connectivity index (χ3v) is 12.0. The second-order valence-electron chi connectivity index (χ2n) is 16.1. The number of rotatable bonds is 9. The predicted octanol–water partition coefficient (Wildman–Crippen LogP) is 15.8. The van der Waals surface area contributed by atoms with Crippen molar-refractivity contribution in [2.45, 2.75) is 20.8 Å². The Morgan fingerprint density at radius 3 is 0.619 bits per heavy atom. The maximum absolute atomic E-state index is 5.54. The number of hydrogen-bond acceptors (Lipinski definition) is 3. The van der Waals surface area contributed by atoms with Crippen LogP contribution in [0, 0.1) is 20.8 Å². The van der Waals surface area contributed by atoms with Crippen LogP contribution in [0.3, 0.4) is 0 Å². The van der Waals surface area contributed by atoms with Crippen molar-refractivity contribution in [1.29, 1.82) is 0 Å². The minimum atomic E-state index is 0.901. The summed E-state index contributed by atoms with van der Waals surface area (Å²) >= 11 is 0. The minimum absolute atomic E-state index is 0.901. The van der Waals surface area contributed by atoms with Crippen LogP contribution < -0.4 is 0 Å². The van der Waals surface area contributed by atoms with E-state index < -0.39 is 0 Å². The fraction of sp³-hybridized carbons (Fsp3) is 0.0500. The molecule has 63 heavy (non-hydrogen) atoms. The van der Waals surface area contributed by atoms with E-state index in [0.717, 1.165) is 118 Å². The van der Waals surface area contributed by atoms with Crippen LogP contribution in [0.15, 0.2) is 218 Å². The number of pyridine rings is 3. The third kappa shape index (κ3) is 7.89. The molecule has 0 aliphatic heterocycles. The summed E-state index contributed by atoms with van der Waals surface area (Å²) in [6.07, 6.45) is 0. The smallest absolute Gasteiger partial charge is 0.0721 e. The van der Waals surface area contributed by atoms with Gasteiger partial charge in [-0.25, -0.2) is 15.0 Å². The molecule has 0 bridgehead atoms. The van der Waals surface area contributed by atoms with Gasteiger partial charge in [0.1, 0.15) is 0 Å². The highest BCUT2D eigenvalue weighted by Crippen LogP contribution is 2.46. The van der Waals surface area contributed by atoms with E-state index in [9.17, 15) is 0 Å². The number of benzene rings is 7. The van der Waals surface area contributed by atoms with Crippen LogP contribution in [0.25, 0.3) is 101 Å². The van der Waals surface area contributed by atoms with Gasteiger partial charge in [0.05, 0.1) is 34.2 Å². The Bertz CT molecular complexity index is 2660. The van der Waals surface area contributed by atoms with E-state index in [1.807, 2.05) is 0 Å². The molecule has 0 saturated heterocycles. The van der Waals surface area contributed by atoms with Crippen LogP contribution in [-0.2, 0) is 0 Å². The number of hydrogen-bond donors (Lipinski definition) is 0. The largest absolute Gasteiger partial charge is 0.248 e. The molecule has 300 valence electrons. The summed E-state index contributed by atoms with van der Waals surface area (Å²) in [5.74, 6) is 0. The van der Waals surface area contributed by atoms with Crippen LogP contribution in [0.5, 0.6) is 0 Å². The van der Waals surface area contributed by atoms with Gasteiger partial charge in [-0.2, -0.15) is 0 Å². The van der Waals surface area contributed by atoms with Crippen molar-refractivity contribution in [3.63, 3.8) is 0 Å². The molecule has 0 spiro atoms. The molecule has 0 saturated carbocycles. The molecule has 0 aliphatic carbocycles. The Hall–Kier alpha value is -8.01. The van der Waals surface area contributed by atoms with Crippen molar-refractivity contribution in [2.75, 3.05) is 0 Å². The topological polar surface area (TPSA) is 38.7 Å². The molecule has 0 unspecified atom stereocenters. The summed E-state index contributed by atoms with van der Waals surface area (Å²) < 4.78 is 0. The van der Waals surface area contributed by atoms with Gasteiger partial charge < -0.3 is 0 Å². The lowest BCUT2D eigenvalue weighted by atomic mass is 9.82. The standard InChI is InChI=1S/C60H45N3/c1-40-58(55-37-49(43-22-10-4-11-23-43)34-52(61-55)46-28-16-7-17-29-46)41(2)60(57-39-51(45-26-14-6-15-27-45)36-54(63-57)48-32-20-9-21-33-48)42(3)59(40)56-38-50(44-24-12-5-13-25-44)35-53(62-56)47-30-18-8-19-31-47/h4-39H,1-3H3. The summed E-state index contributed by atoms with van der Waals surface area (Å²) in [5, 5.41) is 0. The lowest BCUT2D eigenvalue weighted by Gasteiger charge is -2.24. The molecule has 7 aromatic carbocycles. The molecular weight excluding hydrogens is 763 g/mol. The van der Waals surface area contributed by atoms with E-state index in [1.54, 1.807) is 0 Å². The first-order valence-electron chi connectivity index (χ1n) is 21.5. The monoisotopic (exact) mass is 807 g/mol. The average molecular weight is 808 g/mol. The maximum Gasteiger partial charge on any atom is 0.0721 e. The molecule has 0 amide bonds. The van der Waals surface area contributed by atoms with E-state index in [1.165, 1.54) is 0 Å². The average Bonchev–Trinajstić information content (AvgIpc) is 3.35. The zero-order valence-corrected chi connectivity index (χ0v) is 35.6. The van der Waals surface area contributed by atoms with Crippen LogP contribution in [0.2, 0.25) is 0 Å². The summed E-state index contributed by atoms with van der Waals surface area (Å²) in [6.45, 7) is 6.74. The first kappa shape index (κ1) is 39.1. The normalized spacial score (nSPS) is 11.1. The van der Waals surface area contributed by atoms with Gasteiger partial charge >= 0.3 is 0 Å². The molecule has 3 nitrogen and oxygen atoms in total. The minimum Gasteiger partial charge on any atom is -0.248 e. The summed E-state index contributed by atoms with van der Waals surface area (Å²) in [5.41, 5.74) is 21.9. The first-order chi connectivity index (χ1) is 31.0. The molecule has 10 rings (SSSR count). The molecule has 0 N–H and O–H groups in total. The van der Waals surface area contributed by atoms with E-state index in [0.29, 0.717) is 0 Å². The number of nitrogens with zero attached hydrogens (tertiary/aromatic N) is 3. The third-order valence-electron chi connectivity index (χ3n) is 12.0. The van der Waals surface area contributed by atoms with E-state index in [2.05, 4.69) is 239 Å². The lowest BCUT2D eigenvalue weighted by molar-refractivity contribution is 1.22. The molecule has 3 heteroatoms. The highest BCUT2D eigenvalue weighted by molar-refractivity contribution is 5.93. The van der Waals surface area contributed by atoms with Gasteiger partial charge in [-0.3, -0.25) is 0 Å². The van der Waals surface area contributed by atoms with Crippen LogP contribution in [-0.4, -0.2) is 15.0 Å². The zero-order chi connectivity index (χ0) is 42.7. The van der Waals surface area contributed by atoms with Gasteiger partial charge in [0.2, 0.25) is 0 Å². The fourth-order valence-corrected chi connectivity index (χ4v) is 9.01. The van der Waals surface area contributed by atoms with Gasteiger partial charge in [-0.05, 0) is 107 Å². The van der Waals surface area contributed by atoms with Gasteiger partial charge in [-0.1, -0.05) is 182 Å². The molecule has 3 aromatic heterocycles. The quantitative estimate of drug-likeness (QED) is 0.146. The Kier molecular flexibility index (Phi) is 10.7. The molecule has 0 fully saturated rings. The predicted molar refractivity (Wildman–Crippen MR) is 263 cm³/mol. The van der Waals surface area contributed by atoms with Crippen molar-refractivity contribution in [2.24, 2.45) is 0 Å².